The number of carbonyl (C=O) groups excluding carboxylic acids is 4. The third-order valence-corrected chi connectivity index (χ3v) is 7.11. The maximum atomic E-state index is 12.7. The zero-order chi connectivity index (χ0) is 20.9. The topological polar surface area (TPSA) is 98.8 Å². The number of hydrogen-bond donors (Lipinski definition) is 2. The molecular formula is C21H32N4O4. The van der Waals surface area contributed by atoms with E-state index in [0.29, 0.717) is 32.1 Å². The number of carbonyl (C=O) groups is 4. The van der Waals surface area contributed by atoms with E-state index in [1.54, 1.807) is 18.7 Å². The minimum atomic E-state index is -0.921. The van der Waals surface area contributed by atoms with Crippen LogP contribution in [-0.2, 0) is 19.2 Å². The molecule has 160 valence electrons. The van der Waals surface area contributed by atoms with Gasteiger partial charge in [-0.1, -0.05) is 12.8 Å². The molecule has 29 heavy (non-hydrogen) atoms. The minimum absolute atomic E-state index is 0.0188. The van der Waals surface area contributed by atoms with Gasteiger partial charge < -0.3 is 20.4 Å². The van der Waals surface area contributed by atoms with Crippen LogP contribution in [-0.4, -0.2) is 70.7 Å². The van der Waals surface area contributed by atoms with E-state index in [1.165, 1.54) is 19.8 Å². The molecule has 4 amide bonds. The predicted octanol–water partition coefficient (Wildman–Crippen LogP) is 0.265. The minimum Gasteiger partial charge on any atom is -0.352 e. The van der Waals surface area contributed by atoms with E-state index in [2.05, 4.69) is 10.6 Å². The lowest BCUT2D eigenvalue weighted by atomic mass is 10.0. The molecule has 0 aromatic heterocycles. The van der Waals surface area contributed by atoms with Crippen molar-refractivity contribution in [3.8, 4) is 0 Å². The summed E-state index contributed by atoms with van der Waals surface area (Å²) in [6.45, 7) is 6.60. The molecule has 0 aromatic carbocycles. The van der Waals surface area contributed by atoms with Crippen molar-refractivity contribution in [1.82, 2.24) is 20.4 Å². The zero-order valence-corrected chi connectivity index (χ0v) is 17.6. The molecule has 0 radical (unpaired) electrons. The van der Waals surface area contributed by atoms with E-state index in [4.69, 9.17) is 0 Å². The molecule has 8 heteroatoms. The third kappa shape index (κ3) is 3.85. The number of amides is 4. The van der Waals surface area contributed by atoms with Crippen LogP contribution in [0.3, 0.4) is 0 Å². The third-order valence-electron chi connectivity index (χ3n) is 7.11. The summed E-state index contributed by atoms with van der Waals surface area (Å²) < 4.78 is 0. The number of piperidine rings is 1. The summed E-state index contributed by atoms with van der Waals surface area (Å²) in [6.07, 6.45) is 4.78. The predicted molar refractivity (Wildman–Crippen MR) is 105 cm³/mol. The Hall–Kier alpha value is -2.12. The van der Waals surface area contributed by atoms with Gasteiger partial charge in [0, 0.05) is 56.9 Å². The quantitative estimate of drug-likeness (QED) is 0.687. The number of fused-ring (bicyclic) bond motifs is 1. The van der Waals surface area contributed by atoms with Gasteiger partial charge in [0.25, 0.3) is 0 Å². The highest BCUT2D eigenvalue weighted by Crippen LogP contribution is 2.46. The van der Waals surface area contributed by atoms with Crippen molar-refractivity contribution in [2.75, 3.05) is 19.6 Å². The van der Waals surface area contributed by atoms with E-state index in [1.807, 2.05) is 4.90 Å². The second-order valence-electron chi connectivity index (χ2n) is 9.76. The molecule has 3 atom stereocenters. The SMILES string of the molecule is CC(=O)NC(C)(C)C(=O)N1C[C@H]2C(NC(=O)C3CC(=O)N(C4CCCC4)C3)[C@@H]2C1. The highest BCUT2D eigenvalue weighted by Gasteiger charge is 2.58. The summed E-state index contributed by atoms with van der Waals surface area (Å²) in [4.78, 5) is 52.8. The first-order chi connectivity index (χ1) is 13.7. The number of hydrogen-bond acceptors (Lipinski definition) is 4. The van der Waals surface area contributed by atoms with Gasteiger partial charge in [0.15, 0.2) is 0 Å². The van der Waals surface area contributed by atoms with Crippen LogP contribution in [0.1, 0.15) is 52.9 Å². The van der Waals surface area contributed by atoms with Crippen LogP contribution in [0.5, 0.6) is 0 Å². The molecule has 2 heterocycles. The molecule has 4 aliphatic rings. The molecule has 0 bridgehead atoms. The van der Waals surface area contributed by atoms with E-state index in [0.717, 1.165) is 12.8 Å². The first-order valence-electron chi connectivity index (χ1n) is 10.9. The fourth-order valence-electron chi connectivity index (χ4n) is 5.55. The molecule has 2 saturated carbocycles. The average Bonchev–Trinajstić information content (AvgIpc) is 3.14. The molecule has 2 aliphatic heterocycles. The van der Waals surface area contributed by atoms with Crippen molar-refractivity contribution in [1.29, 1.82) is 0 Å². The van der Waals surface area contributed by atoms with Crippen LogP contribution in [0.4, 0.5) is 0 Å². The summed E-state index contributed by atoms with van der Waals surface area (Å²) in [5.41, 5.74) is -0.921. The van der Waals surface area contributed by atoms with Gasteiger partial charge in [-0.25, -0.2) is 0 Å². The molecular weight excluding hydrogens is 372 g/mol. The van der Waals surface area contributed by atoms with Crippen molar-refractivity contribution in [3.05, 3.63) is 0 Å². The lowest BCUT2D eigenvalue weighted by molar-refractivity contribution is -0.139. The van der Waals surface area contributed by atoms with Gasteiger partial charge in [-0.3, -0.25) is 19.2 Å². The lowest BCUT2D eigenvalue weighted by Gasteiger charge is -2.31. The fraction of sp³-hybridized carbons (Fsp3) is 0.810. The molecule has 8 nitrogen and oxygen atoms in total. The number of nitrogens with one attached hydrogen (secondary N) is 2. The Balaban J connectivity index is 1.25. The monoisotopic (exact) mass is 404 g/mol. The zero-order valence-electron chi connectivity index (χ0n) is 17.6. The Bertz CT molecular complexity index is 718. The standard InChI is InChI=1S/C21H32N4O4/c1-12(26)23-21(2,3)20(29)24-10-15-16(11-24)18(15)22-19(28)13-8-17(27)25(9-13)14-6-4-5-7-14/h13-16,18H,4-11H2,1-3H3,(H,22,28)(H,23,26)/t13?,15-,16-/m1/s1. The molecule has 1 unspecified atom stereocenters. The summed E-state index contributed by atoms with van der Waals surface area (Å²) in [6, 6.07) is 0.429. The Morgan fingerprint density at radius 2 is 1.66 bits per heavy atom. The fourth-order valence-corrected chi connectivity index (χ4v) is 5.55. The van der Waals surface area contributed by atoms with Crippen molar-refractivity contribution >= 4 is 23.6 Å². The molecule has 0 spiro atoms. The van der Waals surface area contributed by atoms with E-state index >= 15 is 0 Å². The number of rotatable bonds is 5. The van der Waals surface area contributed by atoms with Gasteiger partial charge in [0.05, 0.1) is 5.92 Å². The van der Waals surface area contributed by atoms with Gasteiger partial charge in [0.1, 0.15) is 5.54 Å². The summed E-state index contributed by atoms with van der Waals surface area (Å²) in [5, 5.41) is 5.84. The Morgan fingerprint density at radius 3 is 2.24 bits per heavy atom. The second-order valence-corrected chi connectivity index (χ2v) is 9.76. The molecule has 2 N–H and O–H groups in total. The second kappa shape index (κ2) is 7.29. The first kappa shape index (κ1) is 20.2. The van der Waals surface area contributed by atoms with E-state index < -0.39 is 5.54 Å². The summed E-state index contributed by atoms with van der Waals surface area (Å²) >= 11 is 0. The van der Waals surface area contributed by atoms with Crippen LogP contribution in [0.2, 0.25) is 0 Å². The highest BCUT2D eigenvalue weighted by molar-refractivity contribution is 5.91. The molecule has 0 aromatic rings. The van der Waals surface area contributed by atoms with Crippen molar-refractivity contribution in [3.63, 3.8) is 0 Å². The summed E-state index contributed by atoms with van der Waals surface area (Å²) in [7, 11) is 0. The Kier molecular flexibility index (Phi) is 5.07. The largest absolute Gasteiger partial charge is 0.352 e. The van der Waals surface area contributed by atoms with Gasteiger partial charge >= 0.3 is 0 Å². The van der Waals surface area contributed by atoms with Crippen molar-refractivity contribution in [2.24, 2.45) is 17.8 Å². The van der Waals surface area contributed by atoms with E-state index in [9.17, 15) is 19.2 Å². The Morgan fingerprint density at radius 1 is 1.03 bits per heavy atom. The van der Waals surface area contributed by atoms with E-state index in [-0.39, 0.29) is 47.4 Å². The smallest absolute Gasteiger partial charge is 0.247 e. The maximum absolute atomic E-state index is 12.7. The van der Waals surface area contributed by atoms with Crippen LogP contribution >= 0.6 is 0 Å². The lowest BCUT2D eigenvalue weighted by Crippen LogP contribution is -2.55. The van der Waals surface area contributed by atoms with Crippen LogP contribution in [0.15, 0.2) is 0 Å². The maximum Gasteiger partial charge on any atom is 0.247 e. The van der Waals surface area contributed by atoms with Gasteiger partial charge in [-0.15, -0.1) is 0 Å². The number of nitrogens with zero attached hydrogens (tertiary/aromatic N) is 2. The number of likely N-dealkylation sites (tertiary alicyclic amines) is 2. The molecule has 2 saturated heterocycles. The van der Waals surface area contributed by atoms with Gasteiger partial charge in [0.2, 0.25) is 23.6 Å². The summed E-state index contributed by atoms with van der Waals surface area (Å²) in [5.74, 6) is 0.0906. The molecule has 4 fully saturated rings. The van der Waals surface area contributed by atoms with Crippen LogP contribution < -0.4 is 10.6 Å². The van der Waals surface area contributed by atoms with Gasteiger partial charge in [-0.2, -0.15) is 0 Å². The van der Waals surface area contributed by atoms with Crippen LogP contribution in [0.25, 0.3) is 0 Å². The Labute approximate surface area is 171 Å². The van der Waals surface area contributed by atoms with Crippen molar-refractivity contribution in [2.45, 2.75) is 70.5 Å². The van der Waals surface area contributed by atoms with Crippen LogP contribution in [0, 0.1) is 17.8 Å². The first-order valence-corrected chi connectivity index (χ1v) is 10.9. The van der Waals surface area contributed by atoms with Crippen molar-refractivity contribution < 1.29 is 19.2 Å². The molecule has 2 aliphatic carbocycles. The average molecular weight is 405 g/mol. The van der Waals surface area contributed by atoms with Gasteiger partial charge in [-0.05, 0) is 26.7 Å². The normalized spacial score (nSPS) is 31.8. The highest BCUT2D eigenvalue weighted by atomic mass is 16.2. The molecule has 4 rings (SSSR count).